The number of carbonyl (C=O) groups excluding carboxylic acids is 1. The Hall–Kier alpha value is -2.34. The molecule has 0 radical (unpaired) electrons. The minimum Gasteiger partial charge on any atom is -0.476 e. The molecule has 1 aliphatic heterocycles. The van der Waals surface area contributed by atoms with Crippen molar-refractivity contribution in [2.75, 3.05) is 13.1 Å². The van der Waals surface area contributed by atoms with Gasteiger partial charge in [0.25, 0.3) is 0 Å². The number of carboxylic acid groups (broad SMARTS) is 1. The molecule has 7 heteroatoms. The fourth-order valence-electron chi connectivity index (χ4n) is 5.66. The predicted octanol–water partition coefficient (Wildman–Crippen LogP) is 3.85. The number of carbonyl (C=O) groups is 2. The molecule has 0 unspecified atom stereocenters. The van der Waals surface area contributed by atoms with Gasteiger partial charge in [0.1, 0.15) is 6.54 Å². The first-order valence-corrected chi connectivity index (χ1v) is 11.1. The average Bonchev–Trinajstić information content (AvgIpc) is 3.04. The quantitative estimate of drug-likeness (QED) is 0.804. The molecular formula is C23H26ClN3O3. The summed E-state index contributed by atoms with van der Waals surface area (Å²) in [4.78, 5) is 26.5. The molecule has 158 valence electrons. The Bertz CT molecular complexity index is 1040. The van der Waals surface area contributed by atoms with E-state index >= 15 is 0 Å². The summed E-state index contributed by atoms with van der Waals surface area (Å²) in [5.74, 6) is 0.801. The summed E-state index contributed by atoms with van der Waals surface area (Å²) in [7, 11) is 0. The molecule has 5 rings (SSSR count). The predicted molar refractivity (Wildman–Crippen MR) is 113 cm³/mol. The number of amides is 1. The maximum atomic E-state index is 13.0. The fraction of sp³-hybridized carbons (Fsp3) is 0.522. The normalized spacial score (nSPS) is 25.2. The van der Waals surface area contributed by atoms with Crippen molar-refractivity contribution < 1.29 is 14.7 Å². The van der Waals surface area contributed by atoms with Crippen molar-refractivity contribution >= 4 is 23.5 Å². The number of hydrogen-bond acceptors (Lipinski definition) is 3. The van der Waals surface area contributed by atoms with Crippen LogP contribution in [0.1, 0.15) is 64.5 Å². The smallest absolute Gasteiger partial charge is 0.356 e. The summed E-state index contributed by atoms with van der Waals surface area (Å²) in [6.45, 7) is 5.75. The highest BCUT2D eigenvalue weighted by molar-refractivity contribution is 6.31. The van der Waals surface area contributed by atoms with Crippen LogP contribution < -0.4 is 0 Å². The Morgan fingerprint density at radius 2 is 2.00 bits per heavy atom. The lowest BCUT2D eigenvalue weighted by Gasteiger charge is -2.33. The Morgan fingerprint density at radius 1 is 1.27 bits per heavy atom. The second-order valence-electron chi connectivity index (χ2n) is 9.03. The molecule has 2 aliphatic carbocycles. The SMILES string of the molecule is Cc1c(Cl)cccc1C1CCN(C(=O)Cn2nc(C(=O)O)c3c2C[C@H]2[C@@H](C)[C@@H]32)CC1. The number of aromatic carboxylic acids is 1. The number of benzene rings is 1. The van der Waals surface area contributed by atoms with E-state index in [1.807, 2.05) is 17.0 Å². The van der Waals surface area contributed by atoms with E-state index in [9.17, 15) is 14.7 Å². The van der Waals surface area contributed by atoms with Crippen LogP contribution in [0.25, 0.3) is 0 Å². The Kier molecular flexibility index (Phi) is 4.65. The van der Waals surface area contributed by atoms with Crippen molar-refractivity contribution in [3.8, 4) is 0 Å². The second-order valence-corrected chi connectivity index (χ2v) is 9.44. The zero-order valence-corrected chi connectivity index (χ0v) is 18.0. The molecule has 2 aromatic rings. The van der Waals surface area contributed by atoms with Gasteiger partial charge in [-0.2, -0.15) is 5.10 Å². The third kappa shape index (κ3) is 3.04. The van der Waals surface area contributed by atoms with Crippen LogP contribution >= 0.6 is 11.6 Å². The summed E-state index contributed by atoms with van der Waals surface area (Å²) in [5, 5.41) is 14.7. The van der Waals surface area contributed by atoms with Crippen LogP contribution in [0, 0.1) is 18.8 Å². The Morgan fingerprint density at radius 3 is 2.70 bits per heavy atom. The lowest BCUT2D eigenvalue weighted by Crippen LogP contribution is -2.40. The third-order valence-corrected chi connectivity index (χ3v) is 7.92. The average molecular weight is 428 g/mol. The number of aromatic nitrogens is 2. The van der Waals surface area contributed by atoms with Gasteiger partial charge in [0.2, 0.25) is 5.91 Å². The van der Waals surface area contributed by atoms with Crippen LogP contribution in [0.15, 0.2) is 18.2 Å². The first-order valence-electron chi connectivity index (χ1n) is 10.7. The topological polar surface area (TPSA) is 75.4 Å². The second kappa shape index (κ2) is 7.12. The van der Waals surface area contributed by atoms with Crippen molar-refractivity contribution in [2.45, 2.75) is 51.5 Å². The zero-order chi connectivity index (χ0) is 21.2. The van der Waals surface area contributed by atoms with Crippen LogP contribution in [0.5, 0.6) is 0 Å². The number of carboxylic acids is 1. The summed E-state index contributed by atoms with van der Waals surface area (Å²) in [6.07, 6.45) is 2.66. The number of nitrogens with zero attached hydrogens (tertiary/aromatic N) is 3. The number of halogens is 1. The van der Waals surface area contributed by atoms with Gasteiger partial charge in [-0.25, -0.2) is 4.79 Å². The van der Waals surface area contributed by atoms with Gasteiger partial charge in [-0.3, -0.25) is 9.48 Å². The highest BCUT2D eigenvalue weighted by atomic mass is 35.5. The first-order chi connectivity index (χ1) is 14.4. The molecule has 1 amide bonds. The van der Waals surface area contributed by atoms with Crippen molar-refractivity contribution in [2.24, 2.45) is 11.8 Å². The molecule has 1 saturated carbocycles. The maximum Gasteiger partial charge on any atom is 0.356 e. The lowest BCUT2D eigenvalue weighted by molar-refractivity contribution is -0.133. The molecule has 0 spiro atoms. The molecule has 30 heavy (non-hydrogen) atoms. The van der Waals surface area contributed by atoms with Crippen LogP contribution in [-0.2, 0) is 17.8 Å². The van der Waals surface area contributed by atoms with E-state index in [0.717, 1.165) is 41.1 Å². The lowest BCUT2D eigenvalue weighted by atomic mass is 9.87. The summed E-state index contributed by atoms with van der Waals surface area (Å²) in [5.41, 5.74) is 4.38. The fourth-order valence-corrected chi connectivity index (χ4v) is 5.84. The van der Waals surface area contributed by atoms with E-state index in [4.69, 9.17) is 11.6 Å². The van der Waals surface area contributed by atoms with Gasteiger partial charge in [-0.1, -0.05) is 30.7 Å². The van der Waals surface area contributed by atoms with E-state index in [-0.39, 0.29) is 18.1 Å². The number of hydrogen-bond donors (Lipinski definition) is 1. The minimum absolute atomic E-state index is 0.0205. The Labute approximate surface area is 180 Å². The van der Waals surface area contributed by atoms with E-state index in [2.05, 4.69) is 25.0 Å². The van der Waals surface area contributed by atoms with E-state index in [0.29, 0.717) is 36.8 Å². The van der Waals surface area contributed by atoms with E-state index in [1.165, 1.54) is 5.56 Å². The van der Waals surface area contributed by atoms with E-state index < -0.39 is 5.97 Å². The summed E-state index contributed by atoms with van der Waals surface area (Å²) >= 11 is 6.28. The van der Waals surface area contributed by atoms with Crippen LogP contribution in [-0.4, -0.2) is 44.8 Å². The van der Waals surface area contributed by atoms with Crippen molar-refractivity contribution in [1.82, 2.24) is 14.7 Å². The van der Waals surface area contributed by atoms with Gasteiger partial charge in [-0.05, 0) is 67.1 Å². The van der Waals surface area contributed by atoms with Crippen molar-refractivity contribution in [1.29, 1.82) is 0 Å². The van der Waals surface area contributed by atoms with Gasteiger partial charge in [0.15, 0.2) is 5.69 Å². The van der Waals surface area contributed by atoms with Crippen molar-refractivity contribution in [3.63, 3.8) is 0 Å². The monoisotopic (exact) mass is 427 g/mol. The number of likely N-dealkylation sites (tertiary alicyclic amines) is 1. The van der Waals surface area contributed by atoms with E-state index in [1.54, 1.807) is 4.68 Å². The van der Waals surface area contributed by atoms with Gasteiger partial charge in [0.05, 0.1) is 0 Å². The van der Waals surface area contributed by atoms with Gasteiger partial charge in [0, 0.05) is 29.4 Å². The molecule has 3 atom stereocenters. The van der Waals surface area contributed by atoms with Gasteiger partial charge < -0.3 is 10.0 Å². The third-order valence-electron chi connectivity index (χ3n) is 7.51. The molecular weight excluding hydrogens is 402 g/mol. The van der Waals surface area contributed by atoms with Crippen molar-refractivity contribution in [3.05, 3.63) is 51.3 Å². The molecule has 3 aliphatic rings. The molecule has 2 heterocycles. The molecule has 1 N–H and O–H groups in total. The molecule has 0 bridgehead atoms. The molecule has 1 saturated heterocycles. The number of piperidine rings is 1. The Balaban J connectivity index is 1.27. The van der Waals surface area contributed by atoms with Crippen LogP contribution in [0.4, 0.5) is 0 Å². The highest BCUT2D eigenvalue weighted by Crippen LogP contribution is 2.61. The van der Waals surface area contributed by atoms with Crippen LogP contribution in [0.3, 0.4) is 0 Å². The summed E-state index contributed by atoms with van der Waals surface area (Å²) < 4.78 is 1.66. The standard InChI is InChI=1S/C23H26ClN3O3/c1-12-15(4-3-5-17(12)24)14-6-8-26(9-7-14)19(28)11-27-18-10-16-13(2)20(16)21(18)22(25-27)23(29)30/h3-5,13-14,16,20H,6-11H2,1-2H3,(H,29,30)/t13-,16+,20-/m1/s1. The molecule has 1 aromatic carbocycles. The number of rotatable bonds is 4. The first kappa shape index (κ1) is 19.6. The summed E-state index contributed by atoms with van der Waals surface area (Å²) in [6, 6.07) is 6.04. The number of fused-ring (bicyclic) bond motifs is 3. The maximum absolute atomic E-state index is 13.0. The molecule has 1 aromatic heterocycles. The van der Waals surface area contributed by atoms with Crippen LogP contribution in [0.2, 0.25) is 5.02 Å². The molecule has 6 nitrogen and oxygen atoms in total. The largest absolute Gasteiger partial charge is 0.476 e. The van der Waals surface area contributed by atoms with Gasteiger partial charge >= 0.3 is 5.97 Å². The minimum atomic E-state index is -0.991. The highest BCUT2D eigenvalue weighted by Gasteiger charge is 2.56. The van der Waals surface area contributed by atoms with Gasteiger partial charge in [-0.15, -0.1) is 0 Å². The molecule has 2 fully saturated rings. The zero-order valence-electron chi connectivity index (χ0n) is 17.3.